The first-order valence-corrected chi connectivity index (χ1v) is 11.1. The van der Waals surface area contributed by atoms with Crippen molar-refractivity contribution < 1.29 is 17.6 Å². The van der Waals surface area contributed by atoms with Gasteiger partial charge in [0.2, 0.25) is 0 Å². The van der Waals surface area contributed by atoms with Crippen molar-refractivity contribution in [3.8, 4) is 0 Å². The first-order valence-electron chi connectivity index (χ1n) is 9.34. The number of rotatable bonds is 4. The van der Waals surface area contributed by atoms with Crippen molar-refractivity contribution >= 4 is 26.6 Å². The van der Waals surface area contributed by atoms with Gasteiger partial charge in [-0.15, -0.1) is 0 Å². The fraction of sp³-hybridized carbons (Fsp3) is 0.333. The first-order chi connectivity index (χ1) is 13.4. The number of likely N-dealkylation sites (tertiary alicyclic amines) is 1. The molecule has 1 fully saturated rings. The summed E-state index contributed by atoms with van der Waals surface area (Å²) in [7, 11) is -3.30. The zero-order valence-electron chi connectivity index (χ0n) is 15.7. The van der Waals surface area contributed by atoms with Gasteiger partial charge in [0.25, 0.3) is 5.91 Å². The highest BCUT2D eigenvalue weighted by Gasteiger charge is 2.32. The molecule has 1 amide bonds. The van der Waals surface area contributed by atoms with Crippen LogP contribution in [-0.4, -0.2) is 42.5 Å². The smallest absolute Gasteiger partial charge is 0.256 e. The summed E-state index contributed by atoms with van der Waals surface area (Å²) in [6.07, 6.45) is 2.35. The Morgan fingerprint density at radius 2 is 1.93 bits per heavy atom. The number of carbonyl (C=O) groups is 1. The summed E-state index contributed by atoms with van der Waals surface area (Å²) in [6.45, 7) is 2.74. The summed E-state index contributed by atoms with van der Waals surface area (Å²) in [5.74, 6) is 0.270. The van der Waals surface area contributed by atoms with Gasteiger partial charge in [0.05, 0.1) is 22.6 Å². The number of hydrogen-bond acceptors (Lipinski definition) is 5. The van der Waals surface area contributed by atoms with E-state index in [9.17, 15) is 13.2 Å². The van der Waals surface area contributed by atoms with E-state index in [1.54, 1.807) is 23.1 Å². The maximum absolute atomic E-state index is 13.1. The minimum absolute atomic E-state index is 0.0921. The molecule has 2 aromatic heterocycles. The molecule has 0 radical (unpaired) electrons. The van der Waals surface area contributed by atoms with Crippen molar-refractivity contribution in [1.82, 2.24) is 9.88 Å². The molecular weight excluding hydrogens is 376 g/mol. The van der Waals surface area contributed by atoms with E-state index in [4.69, 9.17) is 4.42 Å². The maximum atomic E-state index is 13.1. The van der Waals surface area contributed by atoms with Gasteiger partial charge >= 0.3 is 0 Å². The number of para-hydroxylation sites is 1. The SMILES string of the molecule is Cc1ccc2cccc(C(=O)N3CCC(S(=O)(=O)Cc4ccco4)CC3)c2n1. The fourth-order valence-corrected chi connectivity index (χ4v) is 5.44. The van der Waals surface area contributed by atoms with Crippen LogP contribution in [0.25, 0.3) is 10.9 Å². The van der Waals surface area contributed by atoms with E-state index in [1.165, 1.54) is 6.26 Å². The molecule has 1 aliphatic heterocycles. The Morgan fingerprint density at radius 3 is 2.64 bits per heavy atom. The van der Waals surface area contributed by atoms with Crippen molar-refractivity contribution in [2.45, 2.75) is 30.8 Å². The second-order valence-electron chi connectivity index (χ2n) is 7.21. The molecule has 0 aliphatic carbocycles. The van der Waals surface area contributed by atoms with Crippen LogP contribution in [0.5, 0.6) is 0 Å². The number of fused-ring (bicyclic) bond motifs is 1. The Hall–Kier alpha value is -2.67. The maximum Gasteiger partial charge on any atom is 0.256 e. The predicted octanol–water partition coefficient (Wildman–Crippen LogP) is 3.36. The van der Waals surface area contributed by atoms with Gasteiger partial charge in [-0.2, -0.15) is 0 Å². The average molecular weight is 398 g/mol. The predicted molar refractivity (Wildman–Crippen MR) is 107 cm³/mol. The first kappa shape index (κ1) is 18.7. The van der Waals surface area contributed by atoms with Gasteiger partial charge in [-0.1, -0.05) is 18.2 Å². The van der Waals surface area contributed by atoms with Crippen molar-refractivity contribution in [2.24, 2.45) is 0 Å². The summed E-state index contributed by atoms with van der Waals surface area (Å²) >= 11 is 0. The highest BCUT2D eigenvalue weighted by molar-refractivity contribution is 7.91. The van der Waals surface area contributed by atoms with Crippen LogP contribution in [0.1, 0.15) is 34.7 Å². The fourth-order valence-electron chi connectivity index (χ4n) is 3.72. The molecule has 1 saturated heterocycles. The molecule has 146 valence electrons. The molecule has 3 heterocycles. The molecule has 0 N–H and O–H groups in total. The second kappa shape index (κ2) is 7.39. The van der Waals surface area contributed by atoms with Gasteiger partial charge in [0.15, 0.2) is 9.84 Å². The number of pyridine rings is 1. The van der Waals surface area contributed by atoms with Crippen LogP contribution < -0.4 is 0 Å². The van der Waals surface area contributed by atoms with E-state index >= 15 is 0 Å². The molecule has 1 aromatic carbocycles. The molecule has 7 heteroatoms. The second-order valence-corrected chi connectivity index (χ2v) is 9.49. The van der Waals surface area contributed by atoms with Crippen LogP contribution in [0, 0.1) is 6.92 Å². The van der Waals surface area contributed by atoms with E-state index in [0.717, 1.165) is 11.1 Å². The molecule has 4 rings (SSSR count). The number of aryl methyl sites for hydroxylation is 1. The van der Waals surface area contributed by atoms with E-state index in [0.29, 0.717) is 42.8 Å². The number of amides is 1. The largest absolute Gasteiger partial charge is 0.468 e. The molecule has 0 spiro atoms. The molecule has 0 saturated carbocycles. The number of nitrogens with zero attached hydrogens (tertiary/aromatic N) is 2. The van der Waals surface area contributed by atoms with Gasteiger partial charge < -0.3 is 9.32 Å². The molecule has 0 atom stereocenters. The third kappa shape index (κ3) is 3.67. The minimum Gasteiger partial charge on any atom is -0.468 e. The highest BCUT2D eigenvalue weighted by Crippen LogP contribution is 2.25. The molecular formula is C21H22N2O4S. The monoisotopic (exact) mass is 398 g/mol. The average Bonchev–Trinajstić information content (AvgIpc) is 3.19. The summed E-state index contributed by atoms with van der Waals surface area (Å²) in [5, 5.41) is 0.474. The van der Waals surface area contributed by atoms with Crippen LogP contribution >= 0.6 is 0 Å². The quantitative estimate of drug-likeness (QED) is 0.673. The summed E-state index contributed by atoms with van der Waals surface area (Å²) < 4.78 is 30.5. The third-order valence-corrected chi connectivity index (χ3v) is 7.42. The Kier molecular flexibility index (Phi) is 4.93. The van der Waals surface area contributed by atoms with E-state index in [-0.39, 0.29) is 11.7 Å². The van der Waals surface area contributed by atoms with Crippen molar-refractivity contribution in [3.63, 3.8) is 0 Å². The molecule has 6 nitrogen and oxygen atoms in total. The van der Waals surface area contributed by atoms with Crippen LogP contribution in [0.2, 0.25) is 0 Å². The van der Waals surface area contributed by atoms with Crippen LogP contribution in [0.15, 0.2) is 53.1 Å². The lowest BCUT2D eigenvalue weighted by Crippen LogP contribution is -2.42. The van der Waals surface area contributed by atoms with Gasteiger partial charge in [0, 0.05) is 24.2 Å². The molecule has 28 heavy (non-hydrogen) atoms. The molecule has 0 bridgehead atoms. The number of benzene rings is 1. The summed E-state index contributed by atoms with van der Waals surface area (Å²) in [4.78, 5) is 19.3. The zero-order valence-corrected chi connectivity index (χ0v) is 16.5. The lowest BCUT2D eigenvalue weighted by Gasteiger charge is -2.31. The Labute approximate surface area is 164 Å². The van der Waals surface area contributed by atoms with Crippen molar-refractivity contribution in [1.29, 1.82) is 0 Å². The third-order valence-electron chi connectivity index (χ3n) is 5.25. The highest BCUT2D eigenvalue weighted by atomic mass is 32.2. The minimum atomic E-state index is -3.30. The van der Waals surface area contributed by atoms with Crippen molar-refractivity contribution in [2.75, 3.05) is 13.1 Å². The van der Waals surface area contributed by atoms with Gasteiger partial charge in [-0.3, -0.25) is 9.78 Å². The van der Waals surface area contributed by atoms with Crippen LogP contribution in [0.4, 0.5) is 0 Å². The number of sulfone groups is 1. The molecule has 1 aliphatic rings. The number of aromatic nitrogens is 1. The van der Waals surface area contributed by atoms with E-state index < -0.39 is 15.1 Å². The Morgan fingerprint density at radius 1 is 1.14 bits per heavy atom. The van der Waals surface area contributed by atoms with Gasteiger partial charge in [-0.05, 0) is 44.0 Å². The topological polar surface area (TPSA) is 80.5 Å². The van der Waals surface area contributed by atoms with Crippen LogP contribution in [0.3, 0.4) is 0 Å². The summed E-state index contributed by atoms with van der Waals surface area (Å²) in [5.41, 5.74) is 2.12. The Bertz CT molecular complexity index is 1100. The zero-order chi connectivity index (χ0) is 19.7. The van der Waals surface area contributed by atoms with Gasteiger partial charge in [0.1, 0.15) is 11.5 Å². The molecule has 3 aromatic rings. The number of carbonyl (C=O) groups excluding carboxylic acids is 1. The molecule has 0 unspecified atom stereocenters. The van der Waals surface area contributed by atoms with E-state index in [1.807, 2.05) is 31.2 Å². The van der Waals surface area contributed by atoms with Crippen molar-refractivity contribution in [3.05, 3.63) is 65.7 Å². The number of furan rings is 1. The lowest BCUT2D eigenvalue weighted by atomic mass is 10.1. The normalized spacial score (nSPS) is 15.8. The Balaban J connectivity index is 1.48. The number of hydrogen-bond donors (Lipinski definition) is 0. The van der Waals surface area contributed by atoms with Crippen LogP contribution in [-0.2, 0) is 15.6 Å². The van der Waals surface area contributed by atoms with Gasteiger partial charge in [-0.25, -0.2) is 8.42 Å². The summed E-state index contributed by atoms with van der Waals surface area (Å²) in [6, 6.07) is 12.8. The number of piperidine rings is 1. The standard InChI is InChI=1S/C21H22N2O4S/c1-15-7-8-16-4-2-6-19(20(16)22-15)21(24)23-11-9-18(10-12-23)28(25,26)14-17-5-3-13-27-17/h2-8,13,18H,9-12,14H2,1H3. The lowest BCUT2D eigenvalue weighted by molar-refractivity contribution is 0.0727. The van der Waals surface area contributed by atoms with E-state index in [2.05, 4.69) is 4.98 Å².